The number of aliphatic hydroxyl groups is 1. The molecule has 1 aromatic heterocycles. The number of carboxylic acids is 1. The van der Waals surface area contributed by atoms with Gasteiger partial charge >= 0.3 is 5.97 Å². The average molecular weight is 561 g/mol. The Hall–Kier alpha value is -4.17. The highest BCUT2D eigenvalue weighted by Crippen LogP contribution is 2.19. The third-order valence-electron chi connectivity index (χ3n) is 6.62. The third kappa shape index (κ3) is 9.24. The van der Waals surface area contributed by atoms with Crippen molar-refractivity contribution in [1.82, 2.24) is 20.9 Å². The number of benzene rings is 1. The van der Waals surface area contributed by atoms with Gasteiger partial charge in [-0.05, 0) is 36.8 Å². The SMILES string of the molecule is CCC(C)C(NC(=O)C(N)Cc1c[nH]c2ccccc12)C(=O)NC(CO)C(=O)NC(CCCN=C(N)N)C(=O)O. The zero-order chi connectivity index (χ0) is 29.8. The largest absolute Gasteiger partial charge is 0.480 e. The number of amides is 3. The van der Waals surface area contributed by atoms with Crippen molar-refractivity contribution in [3.05, 3.63) is 36.0 Å². The van der Waals surface area contributed by atoms with Crippen LogP contribution in [-0.2, 0) is 25.6 Å². The molecule has 2 aromatic rings. The van der Waals surface area contributed by atoms with E-state index >= 15 is 0 Å². The summed E-state index contributed by atoms with van der Waals surface area (Å²) in [6.07, 6.45) is 2.82. The number of carbonyl (C=O) groups excluding carboxylic acids is 3. The van der Waals surface area contributed by atoms with Crippen LogP contribution in [0.2, 0.25) is 0 Å². The molecule has 3 amide bonds. The number of aliphatic carboxylic acids is 1. The molecular weight excluding hydrogens is 520 g/mol. The summed E-state index contributed by atoms with van der Waals surface area (Å²) in [6, 6.07) is 2.85. The summed E-state index contributed by atoms with van der Waals surface area (Å²) in [7, 11) is 0. The number of rotatable bonds is 16. The van der Waals surface area contributed by atoms with Crippen molar-refractivity contribution in [2.24, 2.45) is 28.1 Å². The predicted octanol–water partition coefficient (Wildman–Crippen LogP) is -1.33. The first-order valence-corrected chi connectivity index (χ1v) is 13.1. The van der Waals surface area contributed by atoms with Gasteiger partial charge in [-0.15, -0.1) is 0 Å². The first kappa shape index (κ1) is 32.0. The van der Waals surface area contributed by atoms with Crippen molar-refractivity contribution in [2.45, 2.75) is 63.7 Å². The van der Waals surface area contributed by atoms with Crippen LogP contribution in [-0.4, -0.2) is 82.2 Å². The van der Waals surface area contributed by atoms with Gasteiger partial charge in [0.05, 0.1) is 12.6 Å². The van der Waals surface area contributed by atoms with Gasteiger partial charge in [-0.3, -0.25) is 19.4 Å². The van der Waals surface area contributed by atoms with Gasteiger partial charge in [0.25, 0.3) is 0 Å². The van der Waals surface area contributed by atoms with Crippen LogP contribution in [0.5, 0.6) is 0 Å². The molecule has 5 atom stereocenters. The van der Waals surface area contributed by atoms with Crippen LogP contribution in [0.15, 0.2) is 35.5 Å². The van der Waals surface area contributed by atoms with Crippen LogP contribution in [0.4, 0.5) is 0 Å². The van der Waals surface area contributed by atoms with Crippen molar-refractivity contribution in [3.8, 4) is 0 Å². The van der Waals surface area contributed by atoms with Crippen LogP contribution in [0.1, 0.15) is 38.7 Å². The molecule has 0 aliphatic heterocycles. The minimum absolute atomic E-state index is 0.0177. The molecule has 220 valence electrons. The number of aromatic nitrogens is 1. The van der Waals surface area contributed by atoms with E-state index in [0.29, 0.717) is 6.42 Å². The smallest absolute Gasteiger partial charge is 0.326 e. The number of carboxylic acid groups (broad SMARTS) is 1. The van der Waals surface area contributed by atoms with E-state index in [1.807, 2.05) is 31.2 Å². The number of fused-ring (bicyclic) bond motifs is 1. The van der Waals surface area contributed by atoms with E-state index in [1.54, 1.807) is 13.1 Å². The first-order valence-electron chi connectivity index (χ1n) is 13.1. The summed E-state index contributed by atoms with van der Waals surface area (Å²) in [5.74, 6) is -3.93. The van der Waals surface area contributed by atoms with E-state index in [-0.39, 0.29) is 37.7 Å². The first-order chi connectivity index (χ1) is 19.0. The van der Waals surface area contributed by atoms with Crippen molar-refractivity contribution in [1.29, 1.82) is 0 Å². The van der Waals surface area contributed by atoms with Gasteiger partial charge in [0.2, 0.25) is 17.7 Å². The van der Waals surface area contributed by atoms with E-state index in [1.165, 1.54) is 0 Å². The number of carbonyl (C=O) groups is 4. The number of guanidine groups is 1. The van der Waals surface area contributed by atoms with Gasteiger partial charge < -0.3 is 48.3 Å². The minimum Gasteiger partial charge on any atom is -0.480 e. The van der Waals surface area contributed by atoms with E-state index in [0.717, 1.165) is 16.5 Å². The van der Waals surface area contributed by atoms with Gasteiger partial charge in [0.15, 0.2) is 5.96 Å². The van der Waals surface area contributed by atoms with Crippen LogP contribution in [0, 0.1) is 5.92 Å². The zero-order valence-electron chi connectivity index (χ0n) is 22.7. The molecule has 2 rings (SSSR count). The fourth-order valence-electron chi connectivity index (χ4n) is 4.08. The quantitative estimate of drug-likeness (QED) is 0.0669. The number of hydrogen-bond donors (Lipinski definition) is 9. The molecule has 0 aliphatic carbocycles. The monoisotopic (exact) mass is 560 g/mol. The van der Waals surface area contributed by atoms with Gasteiger partial charge in [-0.2, -0.15) is 0 Å². The van der Waals surface area contributed by atoms with Crippen molar-refractivity contribution >= 4 is 40.6 Å². The van der Waals surface area contributed by atoms with Crippen molar-refractivity contribution < 1.29 is 29.4 Å². The van der Waals surface area contributed by atoms with E-state index in [4.69, 9.17) is 17.2 Å². The lowest BCUT2D eigenvalue weighted by atomic mass is 9.97. The Morgan fingerprint density at radius 3 is 2.33 bits per heavy atom. The average Bonchev–Trinajstić information content (AvgIpc) is 3.33. The third-order valence-corrected chi connectivity index (χ3v) is 6.62. The Balaban J connectivity index is 2.04. The van der Waals surface area contributed by atoms with Crippen LogP contribution in [0.25, 0.3) is 10.9 Å². The second-order valence-electron chi connectivity index (χ2n) is 9.63. The normalized spacial score (nSPS) is 14.8. The maximum Gasteiger partial charge on any atom is 0.326 e. The molecule has 0 bridgehead atoms. The number of hydrogen-bond acceptors (Lipinski definition) is 7. The standard InChI is InChI=1S/C26H40N8O6/c1-3-14(2)21(34-22(36)17(27)11-15-12-31-18-8-5-4-7-16(15)18)24(38)33-20(13-35)23(37)32-19(25(39)40)9-6-10-30-26(28)29/h4-5,7-8,12,14,17,19-21,31,35H,3,6,9-11,13,27H2,1-2H3,(H,32,37)(H,33,38)(H,34,36)(H,39,40)(H4,28,29,30). The molecule has 14 heteroatoms. The molecule has 0 spiro atoms. The Morgan fingerprint density at radius 2 is 1.70 bits per heavy atom. The predicted molar refractivity (Wildman–Crippen MR) is 150 cm³/mol. The molecular formula is C26H40N8O6. The van der Waals surface area contributed by atoms with Crippen LogP contribution < -0.4 is 33.2 Å². The highest BCUT2D eigenvalue weighted by molar-refractivity contribution is 5.94. The second-order valence-corrected chi connectivity index (χ2v) is 9.63. The molecule has 0 aliphatic rings. The number of aliphatic hydroxyl groups excluding tert-OH is 1. The molecule has 0 saturated carbocycles. The molecule has 0 saturated heterocycles. The summed E-state index contributed by atoms with van der Waals surface area (Å²) in [5, 5.41) is 27.6. The summed E-state index contributed by atoms with van der Waals surface area (Å²) in [5.41, 5.74) is 18.4. The van der Waals surface area contributed by atoms with Crippen LogP contribution >= 0.6 is 0 Å². The van der Waals surface area contributed by atoms with Gasteiger partial charge in [0, 0.05) is 23.6 Å². The molecule has 14 nitrogen and oxygen atoms in total. The highest BCUT2D eigenvalue weighted by Gasteiger charge is 2.32. The number of aliphatic imine (C=N–C) groups is 1. The Morgan fingerprint density at radius 1 is 1.02 bits per heavy atom. The molecule has 1 heterocycles. The van der Waals surface area contributed by atoms with Crippen LogP contribution in [0.3, 0.4) is 0 Å². The lowest BCUT2D eigenvalue weighted by molar-refractivity contribution is -0.142. The Labute approximate surface area is 232 Å². The Kier molecular flexibility index (Phi) is 12.4. The summed E-state index contributed by atoms with van der Waals surface area (Å²) in [4.78, 5) is 57.3. The fourth-order valence-corrected chi connectivity index (χ4v) is 4.08. The van der Waals surface area contributed by atoms with Gasteiger partial charge in [-0.25, -0.2) is 4.79 Å². The maximum absolute atomic E-state index is 13.1. The number of nitrogens with two attached hydrogens (primary N) is 3. The highest BCUT2D eigenvalue weighted by atomic mass is 16.4. The van der Waals surface area contributed by atoms with E-state index < -0.39 is 54.5 Å². The fraction of sp³-hybridized carbons (Fsp3) is 0.500. The summed E-state index contributed by atoms with van der Waals surface area (Å²) in [6.45, 7) is 2.96. The van der Waals surface area contributed by atoms with Gasteiger partial charge in [-0.1, -0.05) is 38.5 Å². The molecule has 1 aromatic carbocycles. The lowest BCUT2D eigenvalue weighted by Gasteiger charge is -2.27. The maximum atomic E-state index is 13.1. The second kappa shape index (κ2) is 15.4. The van der Waals surface area contributed by atoms with Crippen molar-refractivity contribution in [3.63, 3.8) is 0 Å². The zero-order valence-corrected chi connectivity index (χ0v) is 22.7. The van der Waals surface area contributed by atoms with Crippen molar-refractivity contribution in [2.75, 3.05) is 13.2 Å². The topological polar surface area (TPSA) is 251 Å². The summed E-state index contributed by atoms with van der Waals surface area (Å²) < 4.78 is 0. The lowest BCUT2D eigenvalue weighted by Crippen LogP contribution is -2.59. The molecule has 40 heavy (non-hydrogen) atoms. The minimum atomic E-state index is -1.45. The summed E-state index contributed by atoms with van der Waals surface area (Å²) >= 11 is 0. The van der Waals surface area contributed by atoms with Gasteiger partial charge in [0.1, 0.15) is 18.1 Å². The molecule has 12 N–H and O–H groups in total. The molecule has 5 unspecified atom stereocenters. The number of H-pyrrole nitrogens is 1. The Bertz CT molecular complexity index is 1190. The molecule has 0 radical (unpaired) electrons. The van der Waals surface area contributed by atoms with E-state index in [2.05, 4.69) is 25.9 Å². The molecule has 0 fully saturated rings. The number of nitrogens with one attached hydrogen (secondary N) is 4. The van der Waals surface area contributed by atoms with E-state index in [9.17, 15) is 29.4 Å². The number of nitrogens with zero attached hydrogens (tertiary/aromatic N) is 1. The number of para-hydroxylation sites is 1. The number of aromatic amines is 1.